The van der Waals surface area contributed by atoms with E-state index in [0.29, 0.717) is 43.4 Å². The van der Waals surface area contributed by atoms with Gasteiger partial charge >= 0.3 is 0 Å². The molecule has 2 aromatic carbocycles. The molecule has 0 aliphatic carbocycles. The fourth-order valence-corrected chi connectivity index (χ4v) is 2.43. The third-order valence-electron chi connectivity index (χ3n) is 3.94. The van der Waals surface area contributed by atoms with Crippen molar-refractivity contribution in [1.29, 1.82) is 0 Å². The van der Waals surface area contributed by atoms with E-state index < -0.39 is 0 Å². The standard InChI is InChI=1S/C21H27NO4/c1-5-24-19-10-8-17(14-20(19)25-6-2)21(23)22-11-12-26-18-9-7-15(3)16(4)13-18/h7-10,13-14H,5-6,11-12H2,1-4H3,(H,22,23). The van der Waals surface area contributed by atoms with Crippen molar-refractivity contribution >= 4 is 5.91 Å². The summed E-state index contributed by atoms with van der Waals surface area (Å²) in [6.45, 7) is 9.79. The van der Waals surface area contributed by atoms with E-state index in [9.17, 15) is 4.79 Å². The van der Waals surface area contributed by atoms with E-state index in [1.807, 2.05) is 39.0 Å². The van der Waals surface area contributed by atoms with E-state index in [1.165, 1.54) is 11.1 Å². The van der Waals surface area contributed by atoms with Crippen molar-refractivity contribution in [2.75, 3.05) is 26.4 Å². The number of ether oxygens (including phenoxy) is 3. The minimum absolute atomic E-state index is 0.169. The molecule has 0 heterocycles. The second kappa shape index (κ2) is 9.70. The Morgan fingerprint density at radius 1 is 0.885 bits per heavy atom. The van der Waals surface area contributed by atoms with Gasteiger partial charge in [0, 0.05) is 5.56 Å². The van der Waals surface area contributed by atoms with Crippen LogP contribution in [0.4, 0.5) is 0 Å². The summed E-state index contributed by atoms with van der Waals surface area (Å²) in [6.07, 6.45) is 0. The summed E-state index contributed by atoms with van der Waals surface area (Å²) in [5, 5.41) is 2.86. The smallest absolute Gasteiger partial charge is 0.251 e. The average molecular weight is 357 g/mol. The Morgan fingerprint density at radius 3 is 2.31 bits per heavy atom. The Bertz CT molecular complexity index is 743. The number of hydrogen-bond acceptors (Lipinski definition) is 4. The highest BCUT2D eigenvalue weighted by atomic mass is 16.5. The Hall–Kier alpha value is -2.69. The van der Waals surface area contributed by atoms with Crippen molar-refractivity contribution in [1.82, 2.24) is 5.32 Å². The van der Waals surface area contributed by atoms with E-state index in [1.54, 1.807) is 18.2 Å². The molecule has 0 aromatic heterocycles. The fraction of sp³-hybridized carbons (Fsp3) is 0.381. The molecule has 2 aromatic rings. The number of rotatable bonds is 9. The maximum Gasteiger partial charge on any atom is 0.251 e. The predicted molar refractivity (Wildman–Crippen MR) is 103 cm³/mol. The molecule has 0 fully saturated rings. The normalized spacial score (nSPS) is 10.3. The first kappa shape index (κ1) is 19.6. The van der Waals surface area contributed by atoms with Gasteiger partial charge < -0.3 is 19.5 Å². The highest BCUT2D eigenvalue weighted by Crippen LogP contribution is 2.28. The molecule has 0 unspecified atom stereocenters. The largest absolute Gasteiger partial charge is 0.492 e. The van der Waals surface area contributed by atoms with Crippen LogP contribution >= 0.6 is 0 Å². The van der Waals surface area contributed by atoms with Crippen LogP contribution < -0.4 is 19.5 Å². The summed E-state index contributed by atoms with van der Waals surface area (Å²) in [6, 6.07) is 11.2. The molecule has 26 heavy (non-hydrogen) atoms. The lowest BCUT2D eigenvalue weighted by Crippen LogP contribution is -2.28. The van der Waals surface area contributed by atoms with E-state index >= 15 is 0 Å². The van der Waals surface area contributed by atoms with Gasteiger partial charge in [0.25, 0.3) is 5.91 Å². The molecule has 1 amide bonds. The van der Waals surface area contributed by atoms with Gasteiger partial charge in [0.05, 0.1) is 19.8 Å². The zero-order chi connectivity index (χ0) is 18.9. The Labute approximate surface area is 155 Å². The van der Waals surface area contributed by atoms with E-state index in [0.717, 1.165) is 5.75 Å². The molecular formula is C21H27NO4. The van der Waals surface area contributed by atoms with Gasteiger partial charge in [-0.05, 0) is 69.2 Å². The third-order valence-corrected chi connectivity index (χ3v) is 3.94. The number of carbonyl (C=O) groups is 1. The summed E-state index contributed by atoms with van der Waals surface area (Å²) >= 11 is 0. The zero-order valence-electron chi connectivity index (χ0n) is 15.9. The molecule has 5 heteroatoms. The van der Waals surface area contributed by atoms with Gasteiger partial charge in [0.2, 0.25) is 0 Å². The molecule has 1 N–H and O–H groups in total. The Balaban J connectivity index is 1.88. The quantitative estimate of drug-likeness (QED) is 0.691. The monoisotopic (exact) mass is 357 g/mol. The number of nitrogens with one attached hydrogen (secondary N) is 1. The minimum atomic E-state index is -0.169. The van der Waals surface area contributed by atoms with Gasteiger partial charge in [-0.3, -0.25) is 4.79 Å². The summed E-state index contributed by atoms with van der Waals surface area (Å²) < 4.78 is 16.8. The maximum absolute atomic E-state index is 12.3. The van der Waals surface area contributed by atoms with Gasteiger partial charge in [-0.1, -0.05) is 6.07 Å². The van der Waals surface area contributed by atoms with Crippen molar-refractivity contribution in [2.45, 2.75) is 27.7 Å². The van der Waals surface area contributed by atoms with Crippen molar-refractivity contribution < 1.29 is 19.0 Å². The van der Waals surface area contributed by atoms with Crippen molar-refractivity contribution in [3.8, 4) is 17.2 Å². The first-order valence-electron chi connectivity index (χ1n) is 8.93. The number of amides is 1. The summed E-state index contributed by atoms with van der Waals surface area (Å²) in [4.78, 5) is 12.3. The molecule has 5 nitrogen and oxygen atoms in total. The summed E-state index contributed by atoms with van der Waals surface area (Å²) in [5.41, 5.74) is 2.94. The van der Waals surface area contributed by atoms with E-state index in [2.05, 4.69) is 12.2 Å². The summed E-state index contributed by atoms with van der Waals surface area (Å²) in [7, 11) is 0. The minimum Gasteiger partial charge on any atom is -0.492 e. The molecule has 0 saturated carbocycles. The third kappa shape index (κ3) is 5.41. The van der Waals surface area contributed by atoms with E-state index in [4.69, 9.17) is 14.2 Å². The number of benzene rings is 2. The lowest BCUT2D eigenvalue weighted by atomic mass is 10.1. The molecule has 0 bridgehead atoms. The molecule has 0 aliphatic heterocycles. The van der Waals surface area contributed by atoms with Gasteiger partial charge in [0.1, 0.15) is 12.4 Å². The molecule has 0 aliphatic rings. The van der Waals surface area contributed by atoms with Gasteiger partial charge in [0.15, 0.2) is 11.5 Å². The molecule has 2 rings (SSSR count). The SMILES string of the molecule is CCOc1ccc(C(=O)NCCOc2ccc(C)c(C)c2)cc1OCC. The molecule has 0 saturated heterocycles. The lowest BCUT2D eigenvalue weighted by Gasteiger charge is -2.13. The molecule has 0 spiro atoms. The van der Waals surface area contributed by atoms with Gasteiger partial charge in [-0.15, -0.1) is 0 Å². The topological polar surface area (TPSA) is 56.8 Å². The van der Waals surface area contributed by atoms with Crippen LogP contribution in [0, 0.1) is 13.8 Å². The first-order chi connectivity index (χ1) is 12.5. The van der Waals surface area contributed by atoms with Crippen LogP contribution in [0.5, 0.6) is 17.2 Å². The van der Waals surface area contributed by atoms with Crippen LogP contribution in [0.25, 0.3) is 0 Å². The highest BCUT2D eigenvalue weighted by Gasteiger charge is 2.11. The van der Waals surface area contributed by atoms with Crippen molar-refractivity contribution in [3.05, 3.63) is 53.1 Å². The highest BCUT2D eigenvalue weighted by molar-refractivity contribution is 5.94. The average Bonchev–Trinajstić information content (AvgIpc) is 2.63. The van der Waals surface area contributed by atoms with Crippen molar-refractivity contribution in [3.63, 3.8) is 0 Å². The van der Waals surface area contributed by atoms with Crippen LogP contribution in [-0.4, -0.2) is 32.3 Å². The number of carbonyl (C=O) groups excluding carboxylic acids is 1. The van der Waals surface area contributed by atoms with Gasteiger partial charge in [-0.2, -0.15) is 0 Å². The first-order valence-corrected chi connectivity index (χ1v) is 8.93. The van der Waals surface area contributed by atoms with Gasteiger partial charge in [-0.25, -0.2) is 0 Å². The van der Waals surface area contributed by atoms with Crippen LogP contribution in [0.15, 0.2) is 36.4 Å². The Kier molecular flexibility index (Phi) is 7.33. The molecule has 0 atom stereocenters. The van der Waals surface area contributed by atoms with Crippen LogP contribution in [0.3, 0.4) is 0 Å². The predicted octanol–water partition coefficient (Wildman–Crippen LogP) is 3.91. The second-order valence-corrected chi connectivity index (χ2v) is 5.88. The molecular weight excluding hydrogens is 330 g/mol. The summed E-state index contributed by atoms with van der Waals surface area (Å²) in [5.74, 6) is 1.86. The van der Waals surface area contributed by atoms with Crippen molar-refractivity contribution in [2.24, 2.45) is 0 Å². The van der Waals surface area contributed by atoms with Crippen LogP contribution in [0.2, 0.25) is 0 Å². The lowest BCUT2D eigenvalue weighted by molar-refractivity contribution is 0.0946. The number of aryl methyl sites for hydroxylation is 2. The maximum atomic E-state index is 12.3. The molecule has 140 valence electrons. The molecule has 0 radical (unpaired) electrons. The fourth-order valence-electron chi connectivity index (χ4n) is 2.43. The number of hydrogen-bond donors (Lipinski definition) is 1. The van der Waals surface area contributed by atoms with E-state index in [-0.39, 0.29) is 5.91 Å². The van der Waals surface area contributed by atoms with Crippen LogP contribution in [-0.2, 0) is 0 Å². The second-order valence-electron chi connectivity index (χ2n) is 5.88. The zero-order valence-corrected chi connectivity index (χ0v) is 15.9. The van der Waals surface area contributed by atoms with Crippen LogP contribution in [0.1, 0.15) is 35.3 Å². The Morgan fingerprint density at radius 2 is 1.62 bits per heavy atom.